The summed E-state index contributed by atoms with van der Waals surface area (Å²) < 4.78 is 26.6. The van der Waals surface area contributed by atoms with Crippen LogP contribution in [0.4, 0.5) is 0 Å². The van der Waals surface area contributed by atoms with Crippen LogP contribution in [0.3, 0.4) is 0 Å². The average Bonchev–Trinajstić information content (AvgIpc) is 2.72. The molecule has 2 rings (SSSR count). The predicted octanol–water partition coefficient (Wildman–Crippen LogP) is 1.86. The lowest BCUT2D eigenvalue weighted by Gasteiger charge is -2.17. The van der Waals surface area contributed by atoms with E-state index in [1.165, 1.54) is 4.31 Å². The number of sulfonamides is 1. The molecular weight excluding hydrogens is 282 g/mol. The zero-order chi connectivity index (χ0) is 12.8. The molecule has 0 radical (unpaired) electrons. The van der Waals surface area contributed by atoms with Gasteiger partial charge in [-0.05, 0) is 31.9 Å². The van der Waals surface area contributed by atoms with Gasteiger partial charge in [0.15, 0.2) is 0 Å². The van der Waals surface area contributed by atoms with E-state index in [2.05, 4.69) is 0 Å². The SMILES string of the molecule is Cc1cc(S(=O)(=O)N2CCC(C)(O)C2)sc1Cl. The molecule has 4 nitrogen and oxygen atoms in total. The highest BCUT2D eigenvalue weighted by molar-refractivity contribution is 7.91. The summed E-state index contributed by atoms with van der Waals surface area (Å²) >= 11 is 6.95. The van der Waals surface area contributed by atoms with Crippen LogP contribution in [0.25, 0.3) is 0 Å². The van der Waals surface area contributed by atoms with Crippen LogP contribution in [0, 0.1) is 6.92 Å². The highest BCUT2D eigenvalue weighted by Gasteiger charge is 2.39. The fourth-order valence-corrected chi connectivity index (χ4v) is 5.22. The molecule has 17 heavy (non-hydrogen) atoms. The van der Waals surface area contributed by atoms with Crippen LogP contribution in [-0.4, -0.2) is 36.5 Å². The monoisotopic (exact) mass is 295 g/mol. The van der Waals surface area contributed by atoms with E-state index in [1.807, 2.05) is 0 Å². The fourth-order valence-electron chi connectivity index (χ4n) is 1.79. The Morgan fingerprint density at radius 1 is 1.59 bits per heavy atom. The largest absolute Gasteiger partial charge is 0.389 e. The van der Waals surface area contributed by atoms with Crippen LogP contribution >= 0.6 is 22.9 Å². The van der Waals surface area contributed by atoms with Gasteiger partial charge in [0.25, 0.3) is 10.0 Å². The molecule has 1 atom stereocenters. The molecule has 96 valence electrons. The standard InChI is InChI=1S/C10H14ClNO3S2/c1-7-5-8(16-9(7)11)17(14,15)12-4-3-10(2,13)6-12/h5,13H,3-4,6H2,1-2H3. The number of hydrogen-bond donors (Lipinski definition) is 1. The summed E-state index contributed by atoms with van der Waals surface area (Å²) in [5.74, 6) is 0. The first-order valence-electron chi connectivity index (χ1n) is 5.21. The van der Waals surface area contributed by atoms with Gasteiger partial charge < -0.3 is 5.11 Å². The Balaban J connectivity index is 2.32. The maximum absolute atomic E-state index is 12.3. The molecule has 1 N–H and O–H groups in total. The second-order valence-corrected chi connectivity index (χ2v) is 8.43. The van der Waals surface area contributed by atoms with Crippen LogP contribution in [0.1, 0.15) is 18.9 Å². The predicted molar refractivity (Wildman–Crippen MR) is 68.1 cm³/mol. The third-order valence-electron chi connectivity index (χ3n) is 2.85. The van der Waals surface area contributed by atoms with Crippen molar-refractivity contribution in [2.24, 2.45) is 0 Å². The van der Waals surface area contributed by atoms with Gasteiger partial charge in [0.05, 0.1) is 9.94 Å². The Labute approximate surface area is 110 Å². The third-order valence-corrected chi connectivity index (χ3v) is 6.69. The van der Waals surface area contributed by atoms with Crippen molar-refractivity contribution >= 4 is 33.0 Å². The van der Waals surface area contributed by atoms with E-state index in [-0.39, 0.29) is 10.8 Å². The molecule has 1 aliphatic heterocycles. The van der Waals surface area contributed by atoms with E-state index >= 15 is 0 Å². The van der Waals surface area contributed by atoms with Crippen molar-refractivity contribution in [3.63, 3.8) is 0 Å². The lowest BCUT2D eigenvalue weighted by molar-refractivity contribution is 0.0762. The third kappa shape index (κ3) is 2.51. The van der Waals surface area contributed by atoms with Gasteiger partial charge in [0, 0.05) is 13.1 Å². The van der Waals surface area contributed by atoms with E-state index < -0.39 is 15.6 Å². The molecule has 0 aliphatic carbocycles. The highest BCUT2D eigenvalue weighted by Crippen LogP contribution is 2.34. The summed E-state index contributed by atoms with van der Waals surface area (Å²) in [5.41, 5.74) is -0.162. The van der Waals surface area contributed by atoms with Crippen molar-refractivity contribution in [3.8, 4) is 0 Å². The van der Waals surface area contributed by atoms with Gasteiger partial charge in [-0.15, -0.1) is 11.3 Å². The Bertz CT molecular complexity index is 516. The molecule has 1 saturated heterocycles. The molecule has 0 spiro atoms. The van der Waals surface area contributed by atoms with Crippen LogP contribution in [0.5, 0.6) is 0 Å². The molecule has 0 amide bonds. The number of hydrogen-bond acceptors (Lipinski definition) is 4. The van der Waals surface area contributed by atoms with Crippen LogP contribution in [0.2, 0.25) is 4.34 Å². The first-order valence-corrected chi connectivity index (χ1v) is 7.84. The van der Waals surface area contributed by atoms with Crippen molar-refractivity contribution in [1.29, 1.82) is 0 Å². The summed E-state index contributed by atoms with van der Waals surface area (Å²) in [6, 6.07) is 1.58. The topological polar surface area (TPSA) is 57.6 Å². The van der Waals surface area contributed by atoms with Gasteiger partial charge >= 0.3 is 0 Å². The summed E-state index contributed by atoms with van der Waals surface area (Å²) in [5, 5.41) is 9.81. The maximum Gasteiger partial charge on any atom is 0.252 e. The highest BCUT2D eigenvalue weighted by atomic mass is 35.5. The van der Waals surface area contributed by atoms with Gasteiger partial charge in [-0.2, -0.15) is 4.31 Å². The van der Waals surface area contributed by atoms with Crippen LogP contribution < -0.4 is 0 Å². The first-order chi connectivity index (χ1) is 7.72. The van der Waals surface area contributed by atoms with Gasteiger partial charge in [-0.1, -0.05) is 11.6 Å². The number of aliphatic hydroxyl groups is 1. The molecule has 1 aromatic heterocycles. The minimum absolute atomic E-state index is 0.143. The molecule has 0 bridgehead atoms. The van der Waals surface area contributed by atoms with Crippen molar-refractivity contribution in [3.05, 3.63) is 16.0 Å². The zero-order valence-electron chi connectivity index (χ0n) is 9.60. The Kier molecular flexibility index (Phi) is 3.29. The van der Waals surface area contributed by atoms with Crippen molar-refractivity contribution in [2.45, 2.75) is 30.1 Å². The molecule has 1 unspecified atom stereocenters. The van der Waals surface area contributed by atoms with E-state index in [0.29, 0.717) is 17.3 Å². The Morgan fingerprint density at radius 2 is 2.24 bits per heavy atom. The zero-order valence-corrected chi connectivity index (χ0v) is 12.0. The minimum Gasteiger partial charge on any atom is -0.389 e. The number of halogens is 1. The molecule has 0 saturated carbocycles. The normalized spacial score (nSPS) is 26.6. The van der Waals surface area contributed by atoms with Crippen molar-refractivity contribution < 1.29 is 13.5 Å². The van der Waals surface area contributed by atoms with Crippen LogP contribution in [0.15, 0.2) is 10.3 Å². The molecule has 1 aromatic rings. The number of aryl methyl sites for hydroxylation is 1. The fraction of sp³-hybridized carbons (Fsp3) is 0.600. The lowest BCUT2D eigenvalue weighted by Crippen LogP contribution is -2.33. The number of nitrogens with zero attached hydrogens (tertiary/aromatic N) is 1. The van der Waals surface area contributed by atoms with Gasteiger partial charge in [-0.3, -0.25) is 0 Å². The summed E-state index contributed by atoms with van der Waals surface area (Å²) in [7, 11) is -3.50. The molecular formula is C10H14ClNO3S2. The second-order valence-electron chi connectivity index (χ2n) is 4.61. The summed E-state index contributed by atoms with van der Waals surface area (Å²) in [6.07, 6.45) is 0.463. The minimum atomic E-state index is -3.50. The molecule has 2 heterocycles. The van der Waals surface area contributed by atoms with Gasteiger partial charge in [0.1, 0.15) is 4.21 Å². The maximum atomic E-state index is 12.3. The molecule has 1 fully saturated rings. The van der Waals surface area contributed by atoms with Crippen molar-refractivity contribution in [1.82, 2.24) is 4.31 Å². The average molecular weight is 296 g/mol. The quantitative estimate of drug-likeness (QED) is 0.906. The van der Waals surface area contributed by atoms with E-state index in [9.17, 15) is 13.5 Å². The number of rotatable bonds is 2. The summed E-state index contributed by atoms with van der Waals surface area (Å²) in [6.45, 7) is 3.92. The molecule has 7 heteroatoms. The molecule has 0 aromatic carbocycles. The first kappa shape index (κ1) is 13.3. The number of β-amino-alcohol motifs (C(OH)–C–C–N with tert-alkyl or cyclic N) is 1. The lowest BCUT2D eigenvalue weighted by atomic mass is 10.1. The number of thiophene rings is 1. The Morgan fingerprint density at radius 3 is 2.65 bits per heavy atom. The molecule has 1 aliphatic rings. The van der Waals surface area contributed by atoms with Gasteiger partial charge in [-0.25, -0.2) is 8.42 Å². The van der Waals surface area contributed by atoms with Gasteiger partial charge in [0.2, 0.25) is 0 Å². The van der Waals surface area contributed by atoms with E-state index in [4.69, 9.17) is 11.6 Å². The summed E-state index contributed by atoms with van der Waals surface area (Å²) in [4.78, 5) is 0. The van der Waals surface area contributed by atoms with Crippen molar-refractivity contribution in [2.75, 3.05) is 13.1 Å². The second kappa shape index (κ2) is 4.20. The van der Waals surface area contributed by atoms with E-state index in [1.54, 1.807) is 19.9 Å². The smallest absolute Gasteiger partial charge is 0.252 e. The Hall–Kier alpha value is -0.140. The van der Waals surface area contributed by atoms with Crippen LogP contribution in [-0.2, 0) is 10.0 Å². The van der Waals surface area contributed by atoms with E-state index in [0.717, 1.165) is 16.9 Å².